The molecule has 0 aliphatic heterocycles. The fourth-order valence-corrected chi connectivity index (χ4v) is 2.22. The highest BCUT2D eigenvalue weighted by Crippen LogP contribution is 2.28. The summed E-state index contributed by atoms with van der Waals surface area (Å²) < 4.78 is -1.38. The summed E-state index contributed by atoms with van der Waals surface area (Å²) in [6.07, 6.45) is 0.326. The van der Waals surface area contributed by atoms with E-state index in [0.29, 0.717) is 19.5 Å². The molecule has 1 rings (SSSR count). The molecular weight excluding hydrogens is 257 g/mol. The van der Waals surface area contributed by atoms with Crippen molar-refractivity contribution in [3.8, 4) is 0 Å². The molecule has 4 heteroatoms. The zero-order valence-corrected chi connectivity index (χ0v) is 11.6. The first-order chi connectivity index (χ1) is 8.01. The molecule has 0 aromatic heterocycles. The van der Waals surface area contributed by atoms with Crippen LogP contribution in [-0.2, 0) is 11.2 Å². The molecule has 1 aromatic rings. The van der Waals surface area contributed by atoms with E-state index in [0.717, 1.165) is 5.56 Å². The van der Waals surface area contributed by atoms with Crippen molar-refractivity contribution in [2.75, 3.05) is 13.1 Å². The summed E-state index contributed by atoms with van der Waals surface area (Å²) in [5.74, 6) is -0.227. The van der Waals surface area contributed by atoms with Gasteiger partial charge in [0.1, 0.15) is 0 Å². The van der Waals surface area contributed by atoms with Crippen molar-refractivity contribution in [1.29, 1.82) is 0 Å². The van der Waals surface area contributed by atoms with Gasteiger partial charge in [-0.1, -0.05) is 53.5 Å². The van der Waals surface area contributed by atoms with E-state index in [1.807, 2.05) is 44.2 Å². The van der Waals surface area contributed by atoms with Gasteiger partial charge in [0.05, 0.1) is 0 Å². The van der Waals surface area contributed by atoms with E-state index < -0.39 is 4.33 Å². The Morgan fingerprint density at radius 3 is 2.18 bits per heavy atom. The van der Waals surface area contributed by atoms with Gasteiger partial charge in [0.15, 0.2) is 4.33 Å². The topological polar surface area (TPSA) is 20.3 Å². The standard InChI is InChI=1S/C13H17Cl2NO/c1-3-16(4-2)12(17)13(14,15)10-11-8-6-5-7-9-11/h5-9H,3-4,10H2,1-2H3. The number of alkyl halides is 2. The van der Waals surface area contributed by atoms with Gasteiger partial charge in [-0.3, -0.25) is 4.79 Å². The second-order valence-corrected chi connectivity index (χ2v) is 5.33. The molecule has 0 aliphatic carbocycles. The van der Waals surface area contributed by atoms with Crippen LogP contribution in [-0.4, -0.2) is 28.2 Å². The van der Waals surface area contributed by atoms with Crippen LogP contribution >= 0.6 is 23.2 Å². The number of amides is 1. The van der Waals surface area contributed by atoms with Crippen molar-refractivity contribution < 1.29 is 4.79 Å². The minimum atomic E-state index is -1.38. The Kier molecular flexibility index (Phi) is 5.29. The molecule has 0 N–H and O–H groups in total. The van der Waals surface area contributed by atoms with Crippen LogP contribution in [0, 0.1) is 0 Å². The fourth-order valence-electron chi connectivity index (χ4n) is 1.67. The Hall–Kier alpha value is -0.730. The van der Waals surface area contributed by atoms with E-state index in [1.165, 1.54) is 0 Å². The largest absolute Gasteiger partial charge is 0.341 e. The SMILES string of the molecule is CCN(CC)C(=O)C(Cl)(Cl)Cc1ccccc1. The van der Waals surface area contributed by atoms with Gasteiger partial charge in [0.2, 0.25) is 0 Å². The van der Waals surface area contributed by atoms with Crippen LogP contribution in [0.5, 0.6) is 0 Å². The molecule has 0 heterocycles. The molecule has 1 aromatic carbocycles. The lowest BCUT2D eigenvalue weighted by Gasteiger charge is -2.27. The lowest BCUT2D eigenvalue weighted by molar-refractivity contribution is -0.131. The normalized spacial score (nSPS) is 11.3. The Bertz CT molecular complexity index is 361. The highest BCUT2D eigenvalue weighted by Gasteiger charge is 2.36. The molecule has 0 spiro atoms. The maximum atomic E-state index is 12.1. The van der Waals surface area contributed by atoms with Crippen LogP contribution in [0.1, 0.15) is 19.4 Å². The third-order valence-electron chi connectivity index (χ3n) is 2.63. The van der Waals surface area contributed by atoms with E-state index in [-0.39, 0.29) is 5.91 Å². The fraction of sp³-hybridized carbons (Fsp3) is 0.462. The summed E-state index contributed by atoms with van der Waals surface area (Å²) in [5.41, 5.74) is 0.956. The van der Waals surface area contributed by atoms with Crippen molar-refractivity contribution >= 4 is 29.1 Å². The Balaban J connectivity index is 2.77. The monoisotopic (exact) mass is 273 g/mol. The molecule has 0 fully saturated rings. The third-order valence-corrected chi connectivity index (χ3v) is 3.22. The number of nitrogens with zero attached hydrogens (tertiary/aromatic N) is 1. The Morgan fingerprint density at radius 2 is 1.71 bits per heavy atom. The molecule has 1 amide bonds. The van der Waals surface area contributed by atoms with Gasteiger partial charge in [-0.15, -0.1) is 0 Å². The summed E-state index contributed by atoms with van der Waals surface area (Å²) in [6, 6.07) is 9.55. The molecule has 94 valence electrons. The van der Waals surface area contributed by atoms with E-state index in [1.54, 1.807) is 4.90 Å². The quantitative estimate of drug-likeness (QED) is 0.755. The molecule has 0 bridgehead atoms. The van der Waals surface area contributed by atoms with Crippen molar-refractivity contribution in [3.63, 3.8) is 0 Å². The molecule has 17 heavy (non-hydrogen) atoms. The highest BCUT2D eigenvalue weighted by molar-refractivity contribution is 6.58. The Labute approximate surface area is 113 Å². The van der Waals surface area contributed by atoms with Gasteiger partial charge in [0, 0.05) is 19.5 Å². The van der Waals surface area contributed by atoms with E-state index in [4.69, 9.17) is 23.2 Å². The van der Waals surface area contributed by atoms with Gasteiger partial charge in [-0.05, 0) is 19.4 Å². The van der Waals surface area contributed by atoms with E-state index in [9.17, 15) is 4.79 Å². The first kappa shape index (κ1) is 14.3. The molecule has 2 nitrogen and oxygen atoms in total. The summed E-state index contributed by atoms with van der Waals surface area (Å²) >= 11 is 12.3. The van der Waals surface area contributed by atoms with Crippen molar-refractivity contribution in [2.45, 2.75) is 24.6 Å². The number of hydrogen-bond donors (Lipinski definition) is 0. The lowest BCUT2D eigenvalue weighted by atomic mass is 10.1. The van der Waals surface area contributed by atoms with Crippen LogP contribution in [0.15, 0.2) is 30.3 Å². The number of carbonyl (C=O) groups is 1. The molecule has 0 saturated heterocycles. The molecule has 0 atom stereocenters. The van der Waals surface area contributed by atoms with Gasteiger partial charge in [-0.25, -0.2) is 0 Å². The van der Waals surface area contributed by atoms with Gasteiger partial charge < -0.3 is 4.90 Å². The van der Waals surface area contributed by atoms with Crippen molar-refractivity contribution in [3.05, 3.63) is 35.9 Å². The molecule has 0 saturated carbocycles. The summed E-state index contributed by atoms with van der Waals surface area (Å²) in [4.78, 5) is 13.7. The Morgan fingerprint density at radius 1 is 1.18 bits per heavy atom. The average molecular weight is 274 g/mol. The number of carbonyl (C=O) groups excluding carboxylic acids is 1. The number of benzene rings is 1. The average Bonchev–Trinajstić information content (AvgIpc) is 2.31. The van der Waals surface area contributed by atoms with Crippen molar-refractivity contribution in [1.82, 2.24) is 4.90 Å². The molecule has 0 aliphatic rings. The number of hydrogen-bond acceptors (Lipinski definition) is 1. The van der Waals surface area contributed by atoms with Crippen molar-refractivity contribution in [2.24, 2.45) is 0 Å². The van der Waals surface area contributed by atoms with Crippen LogP contribution in [0.4, 0.5) is 0 Å². The number of rotatable bonds is 5. The van der Waals surface area contributed by atoms with Crippen LogP contribution in [0.2, 0.25) is 0 Å². The predicted molar refractivity (Wildman–Crippen MR) is 72.5 cm³/mol. The highest BCUT2D eigenvalue weighted by atomic mass is 35.5. The van der Waals surface area contributed by atoms with Crippen LogP contribution < -0.4 is 0 Å². The second kappa shape index (κ2) is 6.27. The summed E-state index contributed by atoms with van der Waals surface area (Å²) in [7, 11) is 0. The van der Waals surface area contributed by atoms with Gasteiger partial charge in [-0.2, -0.15) is 0 Å². The van der Waals surface area contributed by atoms with Crippen LogP contribution in [0.3, 0.4) is 0 Å². The third kappa shape index (κ3) is 3.90. The van der Waals surface area contributed by atoms with Crippen LogP contribution in [0.25, 0.3) is 0 Å². The first-order valence-electron chi connectivity index (χ1n) is 5.72. The first-order valence-corrected chi connectivity index (χ1v) is 6.48. The molecule has 0 unspecified atom stereocenters. The predicted octanol–water partition coefficient (Wildman–Crippen LogP) is 3.27. The second-order valence-electron chi connectivity index (χ2n) is 3.84. The maximum Gasteiger partial charge on any atom is 0.259 e. The maximum absolute atomic E-state index is 12.1. The van der Waals surface area contributed by atoms with E-state index >= 15 is 0 Å². The van der Waals surface area contributed by atoms with E-state index in [2.05, 4.69) is 0 Å². The number of halogens is 2. The molecular formula is C13H17Cl2NO. The smallest absolute Gasteiger partial charge is 0.259 e. The zero-order valence-electron chi connectivity index (χ0n) is 10.1. The molecule has 0 radical (unpaired) electrons. The summed E-state index contributed by atoms with van der Waals surface area (Å²) in [5, 5.41) is 0. The minimum absolute atomic E-state index is 0.227. The lowest BCUT2D eigenvalue weighted by Crippen LogP contribution is -2.43. The summed E-state index contributed by atoms with van der Waals surface area (Å²) in [6.45, 7) is 5.05. The zero-order chi connectivity index (χ0) is 12.9. The minimum Gasteiger partial charge on any atom is -0.341 e. The van der Waals surface area contributed by atoms with Gasteiger partial charge in [0.25, 0.3) is 5.91 Å². The van der Waals surface area contributed by atoms with Gasteiger partial charge >= 0.3 is 0 Å².